The van der Waals surface area contributed by atoms with Gasteiger partial charge in [-0.2, -0.15) is 0 Å². The first-order valence-corrected chi connectivity index (χ1v) is 5.62. The lowest BCUT2D eigenvalue weighted by Gasteiger charge is -2.14. The van der Waals surface area contributed by atoms with E-state index in [9.17, 15) is 9.18 Å². The van der Waals surface area contributed by atoms with Crippen LogP contribution in [0.2, 0.25) is 0 Å². The Labute approximate surface area is 94.9 Å². The number of hydrogen-bond acceptors (Lipinski definition) is 2. The van der Waals surface area contributed by atoms with Crippen LogP contribution in [0.5, 0.6) is 0 Å². The van der Waals surface area contributed by atoms with Crippen molar-refractivity contribution in [2.24, 2.45) is 5.92 Å². The van der Waals surface area contributed by atoms with Crippen molar-refractivity contribution in [2.45, 2.75) is 26.3 Å². The van der Waals surface area contributed by atoms with Gasteiger partial charge in [0.25, 0.3) is 0 Å². The van der Waals surface area contributed by atoms with Crippen LogP contribution in [0.3, 0.4) is 0 Å². The van der Waals surface area contributed by atoms with Crippen LogP contribution >= 0.6 is 0 Å². The number of aryl methyl sites for hydroxylation is 1. The third-order valence-electron chi connectivity index (χ3n) is 3.19. The first-order valence-electron chi connectivity index (χ1n) is 5.62. The standard InChI is InChI=1S/C13H16FNO/c1-8-5-10(7-11(14)6-8)13(16)12-3-4-15-9(12)2/h5-7,9,12,15H,3-4H2,1-2H3. The molecule has 3 heteroatoms. The molecule has 2 unspecified atom stereocenters. The average Bonchev–Trinajstić information content (AvgIpc) is 2.62. The molecule has 0 aromatic heterocycles. The van der Waals surface area contributed by atoms with E-state index in [0.717, 1.165) is 18.5 Å². The Morgan fingerprint density at radius 3 is 2.75 bits per heavy atom. The zero-order valence-electron chi connectivity index (χ0n) is 9.59. The van der Waals surface area contributed by atoms with Gasteiger partial charge in [0.1, 0.15) is 5.82 Å². The van der Waals surface area contributed by atoms with Crippen molar-refractivity contribution in [3.05, 3.63) is 35.1 Å². The summed E-state index contributed by atoms with van der Waals surface area (Å²) < 4.78 is 13.2. The van der Waals surface area contributed by atoms with E-state index >= 15 is 0 Å². The van der Waals surface area contributed by atoms with Crippen molar-refractivity contribution >= 4 is 5.78 Å². The van der Waals surface area contributed by atoms with Crippen LogP contribution in [0.25, 0.3) is 0 Å². The second-order valence-electron chi connectivity index (χ2n) is 4.52. The molecule has 2 nitrogen and oxygen atoms in total. The summed E-state index contributed by atoms with van der Waals surface area (Å²) in [5.41, 5.74) is 1.29. The molecule has 1 fully saturated rings. The summed E-state index contributed by atoms with van der Waals surface area (Å²) in [6.45, 7) is 4.67. The first-order chi connectivity index (χ1) is 7.58. The van der Waals surface area contributed by atoms with Gasteiger partial charge in [0.05, 0.1) is 0 Å². The Morgan fingerprint density at radius 2 is 2.19 bits per heavy atom. The molecule has 1 aliphatic heterocycles. The van der Waals surface area contributed by atoms with Crippen molar-refractivity contribution in [3.63, 3.8) is 0 Å². The van der Waals surface area contributed by atoms with Gasteiger partial charge in [-0.15, -0.1) is 0 Å². The molecule has 1 aromatic carbocycles. The predicted octanol–water partition coefficient (Wildman–Crippen LogP) is 2.31. The molecular formula is C13H16FNO. The molecule has 1 N–H and O–H groups in total. The van der Waals surface area contributed by atoms with E-state index in [-0.39, 0.29) is 23.6 Å². The van der Waals surface area contributed by atoms with E-state index in [1.807, 2.05) is 6.92 Å². The summed E-state index contributed by atoms with van der Waals surface area (Å²) in [5, 5.41) is 3.23. The zero-order chi connectivity index (χ0) is 11.7. The molecule has 2 rings (SSSR count). The fraction of sp³-hybridized carbons (Fsp3) is 0.462. The van der Waals surface area contributed by atoms with Crippen LogP contribution in [-0.4, -0.2) is 18.4 Å². The summed E-state index contributed by atoms with van der Waals surface area (Å²) in [6.07, 6.45) is 0.843. The van der Waals surface area contributed by atoms with Gasteiger partial charge in [-0.25, -0.2) is 4.39 Å². The number of halogens is 1. The normalized spacial score (nSPS) is 24.7. The highest BCUT2D eigenvalue weighted by Crippen LogP contribution is 2.21. The van der Waals surface area contributed by atoms with Gasteiger partial charge in [0, 0.05) is 17.5 Å². The molecule has 0 spiro atoms. The topological polar surface area (TPSA) is 29.1 Å². The lowest BCUT2D eigenvalue weighted by molar-refractivity contribution is 0.0913. The Hall–Kier alpha value is -1.22. The van der Waals surface area contributed by atoms with Crippen LogP contribution in [0.15, 0.2) is 18.2 Å². The van der Waals surface area contributed by atoms with Gasteiger partial charge in [-0.3, -0.25) is 4.79 Å². The highest BCUT2D eigenvalue weighted by Gasteiger charge is 2.30. The van der Waals surface area contributed by atoms with Crippen molar-refractivity contribution in [3.8, 4) is 0 Å². The third kappa shape index (κ3) is 2.14. The van der Waals surface area contributed by atoms with E-state index in [2.05, 4.69) is 5.32 Å². The highest BCUT2D eigenvalue weighted by molar-refractivity contribution is 5.98. The van der Waals surface area contributed by atoms with E-state index in [0.29, 0.717) is 5.56 Å². The number of nitrogens with one attached hydrogen (secondary N) is 1. The molecular weight excluding hydrogens is 205 g/mol. The molecule has 0 bridgehead atoms. The lowest BCUT2D eigenvalue weighted by atomic mass is 9.91. The van der Waals surface area contributed by atoms with E-state index < -0.39 is 0 Å². The SMILES string of the molecule is Cc1cc(F)cc(C(=O)C2CCNC2C)c1. The second-order valence-corrected chi connectivity index (χ2v) is 4.52. The molecule has 0 aliphatic carbocycles. The van der Waals surface area contributed by atoms with Gasteiger partial charge < -0.3 is 5.32 Å². The van der Waals surface area contributed by atoms with Crippen molar-refractivity contribution in [1.29, 1.82) is 0 Å². The molecule has 0 radical (unpaired) electrons. The summed E-state index contributed by atoms with van der Waals surface area (Å²) in [4.78, 5) is 12.2. The Kier molecular flexibility index (Phi) is 3.06. The largest absolute Gasteiger partial charge is 0.313 e. The molecule has 1 saturated heterocycles. The number of Topliss-reactive ketones (excluding diaryl/α,β-unsaturated/α-hetero) is 1. The average molecular weight is 221 g/mol. The van der Waals surface area contributed by atoms with Crippen molar-refractivity contribution in [2.75, 3.05) is 6.54 Å². The number of carbonyl (C=O) groups is 1. The van der Waals surface area contributed by atoms with Crippen molar-refractivity contribution in [1.82, 2.24) is 5.32 Å². The maximum absolute atomic E-state index is 13.2. The van der Waals surface area contributed by atoms with Gasteiger partial charge in [0.2, 0.25) is 0 Å². The monoisotopic (exact) mass is 221 g/mol. The Balaban J connectivity index is 2.26. The minimum Gasteiger partial charge on any atom is -0.313 e. The Morgan fingerprint density at radius 1 is 1.44 bits per heavy atom. The maximum atomic E-state index is 13.2. The molecule has 2 atom stereocenters. The molecule has 86 valence electrons. The van der Waals surface area contributed by atoms with Crippen LogP contribution in [0.4, 0.5) is 4.39 Å². The fourth-order valence-corrected chi connectivity index (χ4v) is 2.31. The third-order valence-corrected chi connectivity index (χ3v) is 3.19. The number of hydrogen-bond donors (Lipinski definition) is 1. The van der Waals surface area contributed by atoms with Crippen LogP contribution < -0.4 is 5.32 Å². The van der Waals surface area contributed by atoms with Gasteiger partial charge in [-0.1, -0.05) is 0 Å². The molecule has 1 aromatic rings. The summed E-state index contributed by atoms with van der Waals surface area (Å²) in [5.74, 6) is -0.289. The zero-order valence-corrected chi connectivity index (χ0v) is 9.59. The molecule has 1 aliphatic rings. The van der Waals surface area contributed by atoms with Crippen LogP contribution in [0, 0.1) is 18.7 Å². The summed E-state index contributed by atoms with van der Waals surface area (Å²) >= 11 is 0. The van der Waals surface area contributed by atoms with Crippen LogP contribution in [0.1, 0.15) is 29.3 Å². The quantitative estimate of drug-likeness (QED) is 0.776. The summed E-state index contributed by atoms with van der Waals surface area (Å²) in [7, 11) is 0. The van der Waals surface area contributed by atoms with E-state index in [4.69, 9.17) is 0 Å². The smallest absolute Gasteiger partial charge is 0.167 e. The number of ketones is 1. The van der Waals surface area contributed by atoms with Gasteiger partial charge in [0.15, 0.2) is 5.78 Å². The second kappa shape index (κ2) is 4.34. The fourth-order valence-electron chi connectivity index (χ4n) is 2.31. The predicted molar refractivity (Wildman–Crippen MR) is 61.0 cm³/mol. The van der Waals surface area contributed by atoms with Crippen molar-refractivity contribution < 1.29 is 9.18 Å². The summed E-state index contributed by atoms with van der Waals surface area (Å²) in [6, 6.07) is 4.72. The lowest BCUT2D eigenvalue weighted by Crippen LogP contribution is -2.28. The number of rotatable bonds is 2. The molecule has 0 amide bonds. The molecule has 0 saturated carbocycles. The van der Waals surface area contributed by atoms with Crippen LogP contribution in [-0.2, 0) is 0 Å². The van der Waals surface area contributed by atoms with E-state index in [1.165, 1.54) is 12.1 Å². The first kappa shape index (κ1) is 11.3. The molecule has 1 heterocycles. The minimum atomic E-state index is -0.332. The van der Waals surface area contributed by atoms with Gasteiger partial charge >= 0.3 is 0 Å². The van der Waals surface area contributed by atoms with Gasteiger partial charge in [-0.05, 0) is 50.6 Å². The Bertz CT molecular complexity index is 396. The molecule has 16 heavy (non-hydrogen) atoms. The maximum Gasteiger partial charge on any atom is 0.167 e. The minimum absolute atomic E-state index is 0.0128. The number of benzene rings is 1. The van der Waals surface area contributed by atoms with E-state index in [1.54, 1.807) is 13.0 Å². The highest BCUT2D eigenvalue weighted by atomic mass is 19.1. The number of carbonyl (C=O) groups excluding carboxylic acids is 1.